The predicted octanol–water partition coefficient (Wildman–Crippen LogP) is 6.29. The van der Waals surface area contributed by atoms with Crippen LogP contribution in [0.4, 0.5) is 0 Å². The Labute approximate surface area is 160 Å². The van der Waals surface area contributed by atoms with Crippen LogP contribution in [-0.2, 0) is 0 Å². The minimum Gasteiger partial charge on any atom is -0.272 e. The average Bonchev–Trinajstić information content (AvgIpc) is 2.70. The third-order valence-corrected chi connectivity index (χ3v) is 6.01. The van der Waals surface area contributed by atoms with Crippen molar-refractivity contribution >= 4 is 7.94 Å². The Balaban J connectivity index is 1.94. The molecule has 27 heavy (non-hydrogen) atoms. The molecule has 0 saturated heterocycles. The summed E-state index contributed by atoms with van der Waals surface area (Å²) in [7, 11) is -2.84. The molecular formula is C22H21NO3P+. The second kappa shape index (κ2) is 9.62. The van der Waals surface area contributed by atoms with Gasteiger partial charge in [0.25, 0.3) is 0 Å². The van der Waals surface area contributed by atoms with Crippen molar-refractivity contribution in [1.82, 2.24) is 0 Å². The Morgan fingerprint density at radius 2 is 1.00 bits per heavy atom. The second-order valence-corrected chi connectivity index (χ2v) is 8.03. The summed E-state index contributed by atoms with van der Waals surface area (Å²) in [4.78, 5) is 0. The van der Waals surface area contributed by atoms with Crippen molar-refractivity contribution in [3.63, 3.8) is 0 Å². The fraction of sp³-hybridized carbons (Fsp3) is 0.136. The lowest BCUT2D eigenvalue weighted by Gasteiger charge is -2.23. The molecule has 0 bridgehead atoms. The third kappa shape index (κ3) is 5.74. The fourth-order valence-electron chi connectivity index (χ4n) is 2.47. The van der Waals surface area contributed by atoms with Crippen LogP contribution in [0, 0.1) is 11.3 Å². The van der Waals surface area contributed by atoms with E-state index in [1.807, 2.05) is 91.0 Å². The van der Waals surface area contributed by atoms with Crippen molar-refractivity contribution in [2.75, 3.05) is 6.16 Å². The van der Waals surface area contributed by atoms with Gasteiger partial charge in [0, 0.05) is 12.8 Å². The van der Waals surface area contributed by atoms with Crippen LogP contribution in [0.15, 0.2) is 91.0 Å². The third-order valence-electron chi connectivity index (χ3n) is 3.68. The second-order valence-electron chi connectivity index (χ2n) is 5.81. The number of nitriles is 1. The zero-order chi connectivity index (χ0) is 18.8. The number of hydrogen-bond donors (Lipinski definition) is 0. The molecule has 0 fully saturated rings. The van der Waals surface area contributed by atoms with Crippen LogP contribution in [0.2, 0.25) is 0 Å². The van der Waals surface area contributed by atoms with Crippen LogP contribution in [0.1, 0.15) is 12.8 Å². The summed E-state index contributed by atoms with van der Waals surface area (Å²) in [6.45, 7) is 0. The first-order valence-corrected chi connectivity index (χ1v) is 10.5. The van der Waals surface area contributed by atoms with Gasteiger partial charge in [0.05, 0.1) is 6.07 Å². The van der Waals surface area contributed by atoms with Gasteiger partial charge in [-0.1, -0.05) is 54.6 Å². The number of benzene rings is 3. The van der Waals surface area contributed by atoms with Gasteiger partial charge in [-0.2, -0.15) is 5.26 Å². The molecule has 0 spiro atoms. The maximum absolute atomic E-state index is 8.97. The van der Waals surface area contributed by atoms with Crippen LogP contribution < -0.4 is 13.6 Å². The molecule has 0 heterocycles. The van der Waals surface area contributed by atoms with E-state index in [0.717, 1.165) is 0 Å². The smallest absolute Gasteiger partial charge is 0.272 e. The van der Waals surface area contributed by atoms with Crippen molar-refractivity contribution in [3.8, 4) is 23.3 Å². The molecule has 0 unspecified atom stereocenters. The van der Waals surface area contributed by atoms with E-state index < -0.39 is 7.94 Å². The highest BCUT2D eigenvalue weighted by Gasteiger charge is 2.49. The Hall–Kier alpha value is -3.02. The van der Waals surface area contributed by atoms with Crippen molar-refractivity contribution in [3.05, 3.63) is 91.0 Å². The molecule has 0 N–H and O–H groups in total. The number of unbranched alkanes of at least 4 members (excludes halogenated alkanes) is 1. The molecule has 0 radical (unpaired) electrons. The molecule has 0 amide bonds. The maximum Gasteiger partial charge on any atom is 0.541 e. The van der Waals surface area contributed by atoms with Crippen molar-refractivity contribution < 1.29 is 13.6 Å². The standard InChI is InChI=1S/C22H21NO3P/c23-18-10-11-19-27(24-20-12-4-1-5-13-20,25-21-14-6-2-7-15-21)26-22-16-8-3-9-17-22/h1-9,12-17H,10-11,19H2/q+1. The predicted molar refractivity (Wildman–Crippen MR) is 108 cm³/mol. The zero-order valence-corrected chi connectivity index (χ0v) is 15.8. The number of rotatable bonds is 9. The molecule has 5 heteroatoms. The Morgan fingerprint density at radius 3 is 1.33 bits per heavy atom. The summed E-state index contributed by atoms with van der Waals surface area (Å²) < 4.78 is 18.9. The SMILES string of the molecule is N#CCCC[P+](Oc1ccccc1)(Oc1ccccc1)Oc1ccccc1. The first kappa shape index (κ1) is 18.8. The van der Waals surface area contributed by atoms with Gasteiger partial charge in [0.15, 0.2) is 23.4 Å². The van der Waals surface area contributed by atoms with Crippen LogP contribution >= 0.6 is 7.94 Å². The lowest BCUT2D eigenvalue weighted by molar-refractivity contribution is 0.353. The topological polar surface area (TPSA) is 51.5 Å². The van der Waals surface area contributed by atoms with E-state index in [0.29, 0.717) is 36.3 Å². The van der Waals surface area contributed by atoms with Gasteiger partial charge < -0.3 is 0 Å². The molecule has 0 aliphatic heterocycles. The maximum atomic E-state index is 8.97. The quantitative estimate of drug-likeness (QED) is 0.324. The van der Waals surface area contributed by atoms with Crippen LogP contribution in [-0.4, -0.2) is 6.16 Å². The number of hydrogen-bond acceptors (Lipinski definition) is 4. The normalized spacial score (nSPS) is 10.6. The van der Waals surface area contributed by atoms with Crippen molar-refractivity contribution in [1.29, 1.82) is 5.26 Å². The molecule has 0 aliphatic rings. The fourth-order valence-corrected chi connectivity index (χ4v) is 4.73. The highest BCUT2D eigenvalue weighted by Crippen LogP contribution is 2.61. The molecule has 0 aliphatic carbocycles. The minimum atomic E-state index is -2.84. The van der Waals surface area contributed by atoms with Crippen molar-refractivity contribution in [2.24, 2.45) is 0 Å². The minimum absolute atomic E-state index is 0.413. The van der Waals surface area contributed by atoms with E-state index in [2.05, 4.69) is 6.07 Å². The van der Waals surface area contributed by atoms with Gasteiger partial charge in [-0.25, -0.2) is 0 Å². The number of nitrogens with zero attached hydrogens (tertiary/aromatic N) is 1. The summed E-state index contributed by atoms with van der Waals surface area (Å²) in [5, 5.41) is 8.97. The van der Waals surface area contributed by atoms with Gasteiger partial charge in [-0.3, -0.25) is 13.6 Å². The molecular weight excluding hydrogens is 357 g/mol. The molecule has 136 valence electrons. The molecule has 3 aromatic rings. The summed E-state index contributed by atoms with van der Waals surface area (Å²) in [6.07, 6.45) is 1.53. The Morgan fingerprint density at radius 1 is 0.630 bits per heavy atom. The molecule has 3 rings (SSSR count). The first-order valence-electron chi connectivity index (χ1n) is 8.79. The molecule has 0 saturated carbocycles. The number of para-hydroxylation sites is 3. The lowest BCUT2D eigenvalue weighted by atomic mass is 10.3. The summed E-state index contributed by atoms with van der Waals surface area (Å²) in [6, 6.07) is 30.7. The van der Waals surface area contributed by atoms with E-state index in [9.17, 15) is 0 Å². The van der Waals surface area contributed by atoms with Gasteiger partial charge in [0.1, 0.15) is 0 Å². The Kier molecular flexibility index (Phi) is 6.68. The molecule has 4 nitrogen and oxygen atoms in total. The lowest BCUT2D eigenvalue weighted by Crippen LogP contribution is -2.18. The van der Waals surface area contributed by atoms with Crippen LogP contribution in [0.5, 0.6) is 17.2 Å². The van der Waals surface area contributed by atoms with E-state index in [1.54, 1.807) is 0 Å². The molecule has 3 aromatic carbocycles. The zero-order valence-electron chi connectivity index (χ0n) is 14.9. The summed E-state index contributed by atoms with van der Waals surface area (Å²) in [5.41, 5.74) is 0. The van der Waals surface area contributed by atoms with E-state index >= 15 is 0 Å². The van der Waals surface area contributed by atoms with Crippen LogP contribution in [0.25, 0.3) is 0 Å². The Bertz CT molecular complexity index is 750. The van der Waals surface area contributed by atoms with Gasteiger partial charge in [0.2, 0.25) is 0 Å². The molecule has 0 atom stereocenters. The van der Waals surface area contributed by atoms with Crippen molar-refractivity contribution in [2.45, 2.75) is 12.8 Å². The van der Waals surface area contributed by atoms with E-state index in [4.69, 9.17) is 18.8 Å². The van der Waals surface area contributed by atoms with E-state index in [1.165, 1.54) is 0 Å². The largest absolute Gasteiger partial charge is 0.541 e. The molecule has 0 aromatic heterocycles. The van der Waals surface area contributed by atoms with Gasteiger partial charge >= 0.3 is 7.94 Å². The average molecular weight is 378 g/mol. The highest BCUT2D eigenvalue weighted by molar-refractivity contribution is 7.62. The van der Waals surface area contributed by atoms with Gasteiger partial charge in [-0.15, -0.1) is 0 Å². The summed E-state index contributed by atoms with van der Waals surface area (Å²) in [5.74, 6) is 2.03. The monoisotopic (exact) mass is 378 g/mol. The summed E-state index contributed by atoms with van der Waals surface area (Å²) >= 11 is 0. The van der Waals surface area contributed by atoms with Crippen LogP contribution in [0.3, 0.4) is 0 Å². The van der Waals surface area contributed by atoms with E-state index in [-0.39, 0.29) is 0 Å². The highest BCUT2D eigenvalue weighted by atomic mass is 31.2. The van der Waals surface area contributed by atoms with Gasteiger partial charge in [-0.05, 0) is 36.4 Å². The first-order chi connectivity index (χ1) is 13.3.